The topological polar surface area (TPSA) is 88.6 Å². The molecule has 0 aliphatic heterocycles. The Morgan fingerprint density at radius 1 is 1.26 bits per heavy atom. The maximum atomic E-state index is 12.1. The smallest absolute Gasteiger partial charge is 0.264 e. The molecule has 0 saturated carbocycles. The van der Waals surface area contributed by atoms with Gasteiger partial charge in [-0.1, -0.05) is 16.1 Å². The molecule has 0 saturated heterocycles. The number of aromatic nitrogens is 1. The number of amides is 1. The van der Waals surface area contributed by atoms with E-state index in [1.165, 1.54) is 50.7 Å². The lowest BCUT2D eigenvalue weighted by Gasteiger charge is -2.14. The minimum Gasteiger partial charge on any atom is -0.322 e. The highest BCUT2D eigenvalue weighted by Gasteiger charge is 2.20. The van der Waals surface area contributed by atoms with Gasteiger partial charge in [0, 0.05) is 18.9 Å². The van der Waals surface area contributed by atoms with E-state index < -0.39 is 15.9 Å². The van der Waals surface area contributed by atoms with Gasteiger partial charge < -0.3 is 5.32 Å². The number of benzene rings is 1. The van der Waals surface area contributed by atoms with E-state index in [9.17, 15) is 13.2 Å². The van der Waals surface area contributed by atoms with E-state index in [0.29, 0.717) is 5.69 Å². The normalized spacial score (nSPS) is 11.5. The number of pyridine rings is 1. The maximum absolute atomic E-state index is 12.1. The van der Waals surface area contributed by atoms with Gasteiger partial charge in [0.25, 0.3) is 15.9 Å². The van der Waals surface area contributed by atoms with Crippen molar-refractivity contribution in [2.75, 3.05) is 19.5 Å². The Balaban J connectivity index is 2.18. The number of hydrogen-bond acceptors (Lipinski definition) is 5. The van der Waals surface area contributed by atoms with Gasteiger partial charge in [-0.2, -0.15) is 0 Å². The van der Waals surface area contributed by atoms with Crippen LogP contribution >= 0.6 is 11.6 Å². The van der Waals surface area contributed by atoms with Crippen LogP contribution in [0.4, 0.5) is 5.69 Å². The summed E-state index contributed by atoms with van der Waals surface area (Å²) in [5.74, 6) is -0.437. The number of nitrogens with one attached hydrogen (secondary N) is 1. The van der Waals surface area contributed by atoms with Gasteiger partial charge in [0.15, 0.2) is 0 Å². The van der Waals surface area contributed by atoms with E-state index in [-0.39, 0.29) is 15.6 Å². The van der Waals surface area contributed by atoms with Crippen LogP contribution in [0, 0.1) is 0 Å². The van der Waals surface area contributed by atoms with Crippen LogP contribution in [0.3, 0.4) is 0 Å². The SMILES string of the molecule is CON(C)S(=O)(=O)c1ccc(NC(=O)c2cccnc2Cl)cc1. The average molecular weight is 356 g/mol. The van der Waals surface area contributed by atoms with Crippen LogP contribution in [-0.4, -0.2) is 37.9 Å². The molecule has 0 atom stereocenters. The fraction of sp³-hybridized carbons (Fsp3) is 0.143. The zero-order valence-electron chi connectivity index (χ0n) is 12.4. The van der Waals surface area contributed by atoms with Gasteiger partial charge in [-0.15, -0.1) is 0 Å². The van der Waals surface area contributed by atoms with E-state index >= 15 is 0 Å². The number of carbonyl (C=O) groups excluding carboxylic acids is 1. The van der Waals surface area contributed by atoms with Crippen LogP contribution in [0.2, 0.25) is 5.15 Å². The summed E-state index contributed by atoms with van der Waals surface area (Å²) in [5, 5.41) is 2.71. The Kier molecular flexibility index (Phi) is 5.32. The van der Waals surface area contributed by atoms with Crippen molar-refractivity contribution in [2.24, 2.45) is 0 Å². The predicted octanol–water partition coefficient (Wildman–Crippen LogP) is 2.17. The summed E-state index contributed by atoms with van der Waals surface area (Å²) in [6.45, 7) is 0. The van der Waals surface area contributed by atoms with Crippen LogP contribution in [-0.2, 0) is 14.9 Å². The number of nitrogens with zero attached hydrogens (tertiary/aromatic N) is 2. The number of hydrogen-bond donors (Lipinski definition) is 1. The van der Waals surface area contributed by atoms with Crippen molar-refractivity contribution in [2.45, 2.75) is 4.90 Å². The molecule has 0 spiro atoms. The molecular weight excluding hydrogens is 342 g/mol. The second-order valence-corrected chi connectivity index (χ2v) is 6.71. The molecule has 0 aliphatic rings. The number of sulfonamides is 1. The molecule has 1 aromatic carbocycles. The lowest BCUT2D eigenvalue weighted by molar-refractivity contribution is -0.0258. The largest absolute Gasteiger partial charge is 0.322 e. The Morgan fingerprint density at radius 2 is 1.91 bits per heavy atom. The van der Waals surface area contributed by atoms with Gasteiger partial charge >= 0.3 is 0 Å². The number of carbonyl (C=O) groups is 1. The van der Waals surface area contributed by atoms with Crippen molar-refractivity contribution < 1.29 is 18.0 Å². The molecule has 23 heavy (non-hydrogen) atoms. The molecule has 0 aliphatic carbocycles. The maximum Gasteiger partial charge on any atom is 0.264 e. The summed E-state index contributed by atoms with van der Waals surface area (Å²) in [5.41, 5.74) is 0.652. The van der Waals surface area contributed by atoms with Gasteiger partial charge in [-0.3, -0.25) is 9.63 Å². The summed E-state index contributed by atoms with van der Waals surface area (Å²) < 4.78 is 24.8. The summed E-state index contributed by atoms with van der Waals surface area (Å²) in [4.78, 5) is 20.6. The average Bonchev–Trinajstić information content (AvgIpc) is 2.54. The standard InChI is InChI=1S/C14H14ClN3O4S/c1-18(22-2)23(20,21)11-7-5-10(6-8-11)17-14(19)12-4-3-9-16-13(12)15/h3-9H,1-2H3,(H,17,19). The predicted molar refractivity (Wildman–Crippen MR) is 85.6 cm³/mol. The van der Waals surface area contributed by atoms with Crippen LogP contribution in [0.5, 0.6) is 0 Å². The Hall–Kier alpha value is -2.00. The van der Waals surface area contributed by atoms with Crippen molar-refractivity contribution in [1.82, 2.24) is 9.45 Å². The minimum absolute atomic E-state index is 0.0410. The fourth-order valence-corrected chi connectivity index (χ4v) is 2.89. The fourth-order valence-electron chi connectivity index (χ4n) is 1.71. The van der Waals surface area contributed by atoms with Gasteiger partial charge in [-0.25, -0.2) is 13.4 Å². The first-order valence-corrected chi connectivity index (χ1v) is 8.23. The number of halogens is 1. The Labute approximate surface area is 138 Å². The second kappa shape index (κ2) is 7.05. The highest BCUT2D eigenvalue weighted by atomic mass is 35.5. The Morgan fingerprint density at radius 3 is 2.48 bits per heavy atom. The van der Waals surface area contributed by atoms with Crippen LogP contribution < -0.4 is 5.32 Å². The zero-order chi connectivity index (χ0) is 17.0. The molecular formula is C14H14ClN3O4S. The van der Waals surface area contributed by atoms with E-state index in [0.717, 1.165) is 4.47 Å². The first kappa shape index (κ1) is 17.4. The molecule has 7 nitrogen and oxygen atoms in total. The molecule has 0 radical (unpaired) electrons. The molecule has 0 bridgehead atoms. The molecule has 0 unspecified atom stereocenters. The second-order valence-electron chi connectivity index (χ2n) is 4.42. The molecule has 1 aromatic heterocycles. The van der Waals surface area contributed by atoms with E-state index in [4.69, 9.17) is 11.6 Å². The third-order valence-corrected chi connectivity index (χ3v) is 5.00. The van der Waals surface area contributed by atoms with Crippen LogP contribution in [0.1, 0.15) is 10.4 Å². The molecule has 9 heteroatoms. The van der Waals surface area contributed by atoms with Crippen molar-refractivity contribution in [3.8, 4) is 0 Å². The summed E-state index contributed by atoms with van der Waals surface area (Å²) in [6.07, 6.45) is 1.48. The monoisotopic (exact) mass is 355 g/mol. The van der Waals surface area contributed by atoms with E-state index in [2.05, 4.69) is 15.1 Å². The zero-order valence-corrected chi connectivity index (χ0v) is 13.9. The minimum atomic E-state index is -3.73. The summed E-state index contributed by atoms with van der Waals surface area (Å²) in [7, 11) is -1.18. The third kappa shape index (κ3) is 3.85. The number of anilines is 1. The first-order chi connectivity index (χ1) is 10.9. The van der Waals surface area contributed by atoms with Crippen LogP contribution in [0.15, 0.2) is 47.5 Å². The van der Waals surface area contributed by atoms with Gasteiger partial charge in [0.1, 0.15) is 5.15 Å². The van der Waals surface area contributed by atoms with Crippen molar-refractivity contribution in [3.05, 3.63) is 53.3 Å². The molecule has 1 N–H and O–H groups in total. The van der Waals surface area contributed by atoms with Crippen molar-refractivity contribution in [1.29, 1.82) is 0 Å². The highest BCUT2D eigenvalue weighted by Crippen LogP contribution is 2.19. The molecule has 2 aromatic rings. The van der Waals surface area contributed by atoms with E-state index in [1.807, 2.05) is 0 Å². The quantitative estimate of drug-likeness (QED) is 0.656. The Bertz CT molecular complexity index is 809. The van der Waals surface area contributed by atoms with Crippen molar-refractivity contribution in [3.63, 3.8) is 0 Å². The molecule has 0 fully saturated rings. The van der Waals surface area contributed by atoms with Crippen LogP contribution in [0.25, 0.3) is 0 Å². The molecule has 2 rings (SSSR count). The number of hydroxylamine groups is 1. The number of rotatable bonds is 5. The molecule has 122 valence electrons. The molecule has 1 amide bonds. The van der Waals surface area contributed by atoms with Crippen molar-refractivity contribution >= 4 is 33.2 Å². The lowest BCUT2D eigenvalue weighted by Crippen LogP contribution is -2.25. The van der Waals surface area contributed by atoms with Gasteiger partial charge in [0.2, 0.25) is 0 Å². The lowest BCUT2D eigenvalue weighted by atomic mass is 10.2. The van der Waals surface area contributed by atoms with Gasteiger partial charge in [0.05, 0.1) is 17.6 Å². The third-order valence-electron chi connectivity index (χ3n) is 3.01. The molecule has 1 heterocycles. The summed E-state index contributed by atoms with van der Waals surface area (Å²) >= 11 is 5.85. The summed E-state index contributed by atoms with van der Waals surface area (Å²) in [6, 6.07) is 8.81. The van der Waals surface area contributed by atoms with E-state index in [1.54, 1.807) is 6.07 Å². The first-order valence-electron chi connectivity index (χ1n) is 6.41. The van der Waals surface area contributed by atoms with Gasteiger partial charge in [-0.05, 0) is 36.4 Å². The highest BCUT2D eigenvalue weighted by molar-refractivity contribution is 7.89.